The zero-order valence-electron chi connectivity index (χ0n) is 23.3. The standard InChI is InChI=1S/C32H28N6O2S3/c1-38-28(16-23-12-7-11-22-10-5-6-13-25(22)23)36-37-31(38)41-20-30(40)34-24-14-15-26-27(17-24)43-32(35-26)42-19-29(39)33-18-21-8-3-2-4-9-21/h2-15,17H,16,18-20H2,1H3,(H,33,39)(H,34,40). The summed E-state index contributed by atoms with van der Waals surface area (Å²) in [6.07, 6.45) is 0.658. The highest BCUT2D eigenvalue weighted by Crippen LogP contribution is 2.31. The third kappa shape index (κ3) is 7.24. The number of amides is 2. The van der Waals surface area contributed by atoms with Crippen molar-refractivity contribution in [3.05, 3.63) is 108 Å². The normalized spacial score (nSPS) is 11.2. The molecule has 6 aromatic rings. The number of thiazole rings is 1. The van der Waals surface area contributed by atoms with Gasteiger partial charge in [0.1, 0.15) is 5.82 Å². The van der Waals surface area contributed by atoms with Crippen LogP contribution in [0.2, 0.25) is 0 Å². The van der Waals surface area contributed by atoms with E-state index in [1.165, 1.54) is 51.2 Å². The molecule has 0 saturated carbocycles. The molecule has 4 aromatic carbocycles. The quantitative estimate of drug-likeness (QED) is 0.163. The number of fused-ring (bicyclic) bond motifs is 2. The molecule has 2 N–H and O–H groups in total. The maximum Gasteiger partial charge on any atom is 0.234 e. The fourth-order valence-corrected chi connectivity index (χ4v) is 7.25. The second-order valence-corrected chi connectivity index (χ2v) is 13.0. The molecule has 6 rings (SSSR count). The van der Waals surface area contributed by atoms with E-state index in [0.717, 1.165) is 25.9 Å². The van der Waals surface area contributed by atoms with Gasteiger partial charge in [-0.2, -0.15) is 0 Å². The summed E-state index contributed by atoms with van der Waals surface area (Å²) in [5.74, 6) is 1.18. The lowest BCUT2D eigenvalue weighted by Crippen LogP contribution is -2.24. The Hall–Kier alpha value is -4.19. The highest BCUT2D eigenvalue weighted by molar-refractivity contribution is 8.01. The molecule has 0 aliphatic carbocycles. The lowest BCUT2D eigenvalue weighted by Gasteiger charge is -2.07. The maximum absolute atomic E-state index is 12.8. The number of aromatic nitrogens is 4. The SMILES string of the molecule is Cn1c(Cc2cccc3ccccc23)nnc1SCC(=O)Nc1ccc2nc(SCC(=O)NCc3ccccc3)sc2c1. The van der Waals surface area contributed by atoms with Crippen molar-refractivity contribution in [2.75, 3.05) is 16.8 Å². The molecule has 0 fully saturated rings. The predicted molar refractivity (Wildman–Crippen MR) is 176 cm³/mol. The predicted octanol–water partition coefficient (Wildman–Crippen LogP) is 6.31. The fourth-order valence-electron chi connectivity index (χ4n) is 4.59. The number of carbonyl (C=O) groups is 2. The third-order valence-corrected chi connectivity index (χ3v) is 9.98. The summed E-state index contributed by atoms with van der Waals surface area (Å²) < 4.78 is 3.71. The van der Waals surface area contributed by atoms with Crippen LogP contribution in [-0.4, -0.2) is 43.1 Å². The van der Waals surface area contributed by atoms with Gasteiger partial charge in [-0.05, 0) is 40.1 Å². The Morgan fingerprint density at radius 3 is 2.53 bits per heavy atom. The second kappa shape index (κ2) is 13.4. The Kier molecular flexibility index (Phi) is 9.01. The number of nitrogens with zero attached hydrogens (tertiary/aromatic N) is 4. The van der Waals surface area contributed by atoms with Gasteiger partial charge >= 0.3 is 0 Å². The van der Waals surface area contributed by atoms with Gasteiger partial charge in [0.2, 0.25) is 11.8 Å². The minimum absolute atomic E-state index is 0.0397. The van der Waals surface area contributed by atoms with Gasteiger partial charge in [0.05, 0.1) is 21.7 Å². The molecule has 11 heteroatoms. The number of rotatable bonds is 11. The zero-order valence-corrected chi connectivity index (χ0v) is 25.8. The van der Waals surface area contributed by atoms with Crippen molar-refractivity contribution in [3.8, 4) is 0 Å². The van der Waals surface area contributed by atoms with Gasteiger partial charge in [0.25, 0.3) is 0 Å². The molecule has 0 bridgehead atoms. The van der Waals surface area contributed by atoms with Crippen molar-refractivity contribution in [1.29, 1.82) is 0 Å². The van der Waals surface area contributed by atoms with E-state index in [0.29, 0.717) is 29.6 Å². The summed E-state index contributed by atoms with van der Waals surface area (Å²) in [7, 11) is 1.93. The van der Waals surface area contributed by atoms with Crippen LogP contribution in [0.3, 0.4) is 0 Å². The lowest BCUT2D eigenvalue weighted by atomic mass is 10.0. The van der Waals surface area contributed by atoms with Crippen molar-refractivity contribution < 1.29 is 9.59 Å². The minimum atomic E-state index is -0.128. The summed E-state index contributed by atoms with van der Waals surface area (Å²) in [5.41, 5.74) is 3.79. The summed E-state index contributed by atoms with van der Waals surface area (Å²) >= 11 is 4.27. The Labute approximate surface area is 261 Å². The van der Waals surface area contributed by atoms with E-state index in [1.807, 2.05) is 72.3 Å². The molecule has 0 spiro atoms. The average Bonchev–Trinajstić information content (AvgIpc) is 3.60. The van der Waals surface area contributed by atoms with E-state index in [9.17, 15) is 9.59 Å². The van der Waals surface area contributed by atoms with Crippen LogP contribution in [0, 0.1) is 0 Å². The number of carbonyl (C=O) groups excluding carboxylic acids is 2. The van der Waals surface area contributed by atoms with Crippen LogP contribution in [0.5, 0.6) is 0 Å². The van der Waals surface area contributed by atoms with E-state index in [-0.39, 0.29) is 17.6 Å². The van der Waals surface area contributed by atoms with E-state index >= 15 is 0 Å². The monoisotopic (exact) mass is 624 g/mol. The van der Waals surface area contributed by atoms with Gasteiger partial charge in [-0.15, -0.1) is 21.5 Å². The molecule has 0 aliphatic rings. The molecule has 0 saturated heterocycles. The van der Waals surface area contributed by atoms with Gasteiger partial charge in [0.15, 0.2) is 9.50 Å². The van der Waals surface area contributed by atoms with Gasteiger partial charge in [-0.25, -0.2) is 4.98 Å². The first-order valence-electron chi connectivity index (χ1n) is 13.6. The second-order valence-electron chi connectivity index (χ2n) is 9.82. The fraction of sp³-hybridized carbons (Fsp3) is 0.156. The number of benzene rings is 4. The molecule has 2 heterocycles. The van der Waals surface area contributed by atoms with Crippen LogP contribution in [0.15, 0.2) is 100 Å². The maximum atomic E-state index is 12.8. The van der Waals surface area contributed by atoms with Crippen molar-refractivity contribution in [3.63, 3.8) is 0 Å². The van der Waals surface area contributed by atoms with Crippen molar-refractivity contribution in [2.45, 2.75) is 22.5 Å². The topological polar surface area (TPSA) is 102 Å². The van der Waals surface area contributed by atoms with E-state index in [2.05, 4.69) is 56.1 Å². The minimum Gasteiger partial charge on any atom is -0.351 e. The summed E-state index contributed by atoms with van der Waals surface area (Å²) in [6.45, 7) is 0.504. The van der Waals surface area contributed by atoms with Crippen molar-refractivity contribution in [2.24, 2.45) is 7.05 Å². The van der Waals surface area contributed by atoms with Crippen LogP contribution < -0.4 is 10.6 Å². The molecule has 216 valence electrons. The molecule has 0 radical (unpaired) electrons. The van der Waals surface area contributed by atoms with Gasteiger partial charge in [0, 0.05) is 25.7 Å². The molecule has 2 amide bonds. The highest BCUT2D eigenvalue weighted by atomic mass is 32.2. The van der Waals surface area contributed by atoms with E-state index in [4.69, 9.17) is 0 Å². The molecule has 0 unspecified atom stereocenters. The van der Waals surface area contributed by atoms with E-state index in [1.54, 1.807) is 0 Å². The van der Waals surface area contributed by atoms with Crippen LogP contribution in [-0.2, 0) is 29.6 Å². The number of hydrogen-bond donors (Lipinski definition) is 2. The van der Waals surface area contributed by atoms with E-state index < -0.39 is 0 Å². The van der Waals surface area contributed by atoms with Crippen molar-refractivity contribution >= 4 is 73.4 Å². The number of anilines is 1. The molecule has 2 aromatic heterocycles. The van der Waals surface area contributed by atoms with Crippen LogP contribution >= 0.6 is 34.9 Å². The summed E-state index contributed by atoms with van der Waals surface area (Å²) in [4.78, 5) is 29.7. The van der Waals surface area contributed by atoms with Crippen molar-refractivity contribution in [1.82, 2.24) is 25.1 Å². The zero-order chi connectivity index (χ0) is 29.6. The van der Waals surface area contributed by atoms with Crippen LogP contribution in [0.4, 0.5) is 5.69 Å². The Bertz CT molecular complexity index is 1900. The molecule has 43 heavy (non-hydrogen) atoms. The molecular formula is C32H28N6O2S3. The highest BCUT2D eigenvalue weighted by Gasteiger charge is 2.14. The first kappa shape index (κ1) is 28.9. The summed E-state index contributed by atoms with van der Waals surface area (Å²) in [5, 5.41) is 17.7. The summed E-state index contributed by atoms with van der Waals surface area (Å²) in [6, 6.07) is 30.1. The molecular weight excluding hydrogens is 597 g/mol. The number of nitrogens with one attached hydrogen (secondary N) is 2. The molecule has 8 nitrogen and oxygen atoms in total. The van der Waals surface area contributed by atoms with Gasteiger partial charge in [-0.1, -0.05) is 96.3 Å². The first-order valence-corrected chi connectivity index (χ1v) is 16.4. The van der Waals surface area contributed by atoms with Gasteiger partial charge in [-0.3, -0.25) is 9.59 Å². The molecule has 0 aliphatic heterocycles. The smallest absolute Gasteiger partial charge is 0.234 e. The molecule has 0 atom stereocenters. The van der Waals surface area contributed by atoms with Crippen LogP contribution in [0.25, 0.3) is 21.0 Å². The first-order chi connectivity index (χ1) is 21.0. The Morgan fingerprint density at radius 2 is 1.65 bits per heavy atom. The third-order valence-electron chi connectivity index (χ3n) is 6.80. The van der Waals surface area contributed by atoms with Gasteiger partial charge < -0.3 is 15.2 Å². The average molecular weight is 625 g/mol. The number of thioether (sulfide) groups is 2. The lowest BCUT2D eigenvalue weighted by molar-refractivity contribution is -0.118. The Balaban J connectivity index is 1.01. The Morgan fingerprint density at radius 1 is 0.860 bits per heavy atom. The van der Waals surface area contributed by atoms with Crippen LogP contribution in [0.1, 0.15) is 17.0 Å². The number of hydrogen-bond acceptors (Lipinski definition) is 8. The largest absolute Gasteiger partial charge is 0.351 e.